The highest BCUT2D eigenvalue weighted by molar-refractivity contribution is 5.85. The van der Waals surface area contributed by atoms with Gasteiger partial charge in [-0.3, -0.25) is 0 Å². The zero-order valence-corrected chi connectivity index (χ0v) is 11.9. The van der Waals surface area contributed by atoms with Crippen LogP contribution >= 0.6 is 0 Å². The van der Waals surface area contributed by atoms with E-state index < -0.39 is 0 Å². The number of aromatic nitrogens is 1. The molecule has 0 saturated carbocycles. The maximum Gasteiger partial charge on any atom is 0.163 e. The molecule has 19 heavy (non-hydrogen) atoms. The number of hydrogen-bond donors (Lipinski definition) is 1. The van der Waals surface area contributed by atoms with Crippen LogP contribution in [0.25, 0.3) is 10.9 Å². The summed E-state index contributed by atoms with van der Waals surface area (Å²) in [6.07, 6.45) is 0. The third kappa shape index (κ3) is 2.72. The molecule has 2 aromatic rings. The number of aryl methyl sites for hydroxylation is 1. The maximum absolute atomic E-state index is 5.63. The van der Waals surface area contributed by atoms with E-state index in [2.05, 4.69) is 16.4 Å². The van der Waals surface area contributed by atoms with Gasteiger partial charge in [0.25, 0.3) is 0 Å². The molecule has 1 N–H and O–H groups in total. The fourth-order valence-corrected chi connectivity index (χ4v) is 2.08. The van der Waals surface area contributed by atoms with E-state index in [0.29, 0.717) is 13.2 Å². The summed E-state index contributed by atoms with van der Waals surface area (Å²) in [7, 11) is 1.87. The molecule has 2 rings (SSSR count). The van der Waals surface area contributed by atoms with E-state index in [1.54, 1.807) is 0 Å². The monoisotopic (exact) mass is 260 g/mol. The molecule has 4 heteroatoms. The predicted molar refractivity (Wildman–Crippen MR) is 78.4 cm³/mol. The van der Waals surface area contributed by atoms with Crippen LogP contribution in [0.5, 0.6) is 11.5 Å². The van der Waals surface area contributed by atoms with Gasteiger partial charge >= 0.3 is 0 Å². The van der Waals surface area contributed by atoms with Crippen LogP contribution in [0.15, 0.2) is 18.2 Å². The average molecular weight is 260 g/mol. The number of fused-ring (bicyclic) bond motifs is 1. The Kier molecular flexibility index (Phi) is 4.10. The van der Waals surface area contributed by atoms with E-state index in [4.69, 9.17) is 9.47 Å². The van der Waals surface area contributed by atoms with Crippen molar-refractivity contribution in [2.45, 2.75) is 20.8 Å². The second-order valence-electron chi connectivity index (χ2n) is 4.26. The van der Waals surface area contributed by atoms with E-state index in [9.17, 15) is 0 Å². The molecule has 0 radical (unpaired) electrons. The zero-order valence-electron chi connectivity index (χ0n) is 11.9. The van der Waals surface area contributed by atoms with Crippen molar-refractivity contribution in [2.75, 3.05) is 25.6 Å². The van der Waals surface area contributed by atoms with Crippen molar-refractivity contribution >= 4 is 16.7 Å². The highest BCUT2D eigenvalue weighted by Crippen LogP contribution is 2.33. The van der Waals surface area contributed by atoms with E-state index in [1.807, 2.05) is 40.0 Å². The van der Waals surface area contributed by atoms with E-state index in [-0.39, 0.29) is 0 Å². The lowest BCUT2D eigenvalue weighted by molar-refractivity contribution is 0.288. The molecule has 0 spiro atoms. The first-order chi connectivity index (χ1) is 9.19. The molecule has 1 aromatic heterocycles. The molecule has 102 valence electrons. The summed E-state index contributed by atoms with van der Waals surface area (Å²) < 4.78 is 11.2. The molecule has 0 bridgehead atoms. The molecule has 0 saturated heterocycles. The lowest BCUT2D eigenvalue weighted by atomic mass is 10.1. The molecule has 0 aliphatic heterocycles. The Morgan fingerprint density at radius 3 is 2.26 bits per heavy atom. The Morgan fingerprint density at radius 1 is 1.05 bits per heavy atom. The molecule has 0 fully saturated rings. The number of pyridine rings is 1. The molecule has 0 amide bonds. The number of anilines is 1. The highest BCUT2D eigenvalue weighted by Gasteiger charge is 2.10. The number of rotatable bonds is 5. The highest BCUT2D eigenvalue weighted by atomic mass is 16.5. The van der Waals surface area contributed by atoms with Crippen molar-refractivity contribution in [3.63, 3.8) is 0 Å². The van der Waals surface area contributed by atoms with Crippen LogP contribution in [0.1, 0.15) is 19.4 Å². The van der Waals surface area contributed by atoms with Crippen LogP contribution in [0.3, 0.4) is 0 Å². The normalized spacial score (nSPS) is 10.5. The fraction of sp³-hybridized carbons (Fsp3) is 0.400. The van der Waals surface area contributed by atoms with Crippen molar-refractivity contribution in [3.05, 3.63) is 23.8 Å². The number of nitrogens with zero attached hydrogens (tertiary/aromatic N) is 1. The van der Waals surface area contributed by atoms with Crippen LogP contribution < -0.4 is 14.8 Å². The number of hydrogen-bond acceptors (Lipinski definition) is 4. The Bertz CT molecular complexity index is 582. The van der Waals surface area contributed by atoms with E-state index in [0.717, 1.165) is 33.8 Å². The summed E-state index contributed by atoms with van der Waals surface area (Å²) in [6, 6.07) is 6.03. The first-order valence-electron chi connectivity index (χ1n) is 6.58. The van der Waals surface area contributed by atoms with Gasteiger partial charge in [-0.1, -0.05) is 0 Å². The van der Waals surface area contributed by atoms with Gasteiger partial charge < -0.3 is 14.8 Å². The first kappa shape index (κ1) is 13.5. The van der Waals surface area contributed by atoms with Crippen LogP contribution in [-0.2, 0) is 0 Å². The number of nitrogens with one attached hydrogen (secondary N) is 1. The van der Waals surface area contributed by atoms with Crippen molar-refractivity contribution < 1.29 is 9.47 Å². The van der Waals surface area contributed by atoms with Crippen LogP contribution in [0.4, 0.5) is 5.82 Å². The van der Waals surface area contributed by atoms with Crippen LogP contribution in [0.2, 0.25) is 0 Å². The SMILES string of the molecule is CCOc1cc2cc(C)c(NC)nc2cc1OCC. The minimum atomic E-state index is 0.607. The van der Waals surface area contributed by atoms with E-state index in [1.165, 1.54) is 0 Å². The van der Waals surface area contributed by atoms with Gasteiger partial charge in [-0.2, -0.15) is 0 Å². The van der Waals surface area contributed by atoms with Crippen LogP contribution in [0, 0.1) is 6.92 Å². The first-order valence-corrected chi connectivity index (χ1v) is 6.58. The molecule has 0 atom stereocenters. The Hall–Kier alpha value is -1.97. The lowest BCUT2D eigenvalue weighted by Crippen LogP contribution is -2.00. The quantitative estimate of drug-likeness (QED) is 0.895. The molecular formula is C15H20N2O2. The Labute approximate surface area is 113 Å². The minimum absolute atomic E-state index is 0.607. The van der Waals surface area contributed by atoms with Crippen LogP contribution in [-0.4, -0.2) is 25.2 Å². The summed E-state index contributed by atoms with van der Waals surface area (Å²) in [4.78, 5) is 4.59. The Morgan fingerprint density at radius 2 is 1.68 bits per heavy atom. The standard InChI is InChI=1S/C15H20N2O2/c1-5-18-13-8-11-7-10(3)15(16-4)17-12(11)9-14(13)19-6-2/h7-9H,5-6H2,1-4H3,(H,16,17). The lowest BCUT2D eigenvalue weighted by Gasteiger charge is -2.13. The number of benzene rings is 1. The van der Waals surface area contributed by atoms with Crippen molar-refractivity contribution in [1.82, 2.24) is 4.98 Å². The summed E-state index contributed by atoms with van der Waals surface area (Å²) in [6.45, 7) is 7.19. The molecule has 1 aromatic carbocycles. The minimum Gasteiger partial charge on any atom is -0.490 e. The summed E-state index contributed by atoms with van der Waals surface area (Å²) >= 11 is 0. The van der Waals surface area contributed by atoms with Gasteiger partial charge in [0.15, 0.2) is 11.5 Å². The second-order valence-corrected chi connectivity index (χ2v) is 4.26. The van der Waals surface area contributed by atoms with Gasteiger partial charge in [0.1, 0.15) is 5.82 Å². The fourth-order valence-electron chi connectivity index (χ4n) is 2.08. The summed E-state index contributed by atoms with van der Waals surface area (Å²) in [5.41, 5.74) is 2.02. The van der Waals surface area contributed by atoms with Gasteiger partial charge in [0.2, 0.25) is 0 Å². The molecule has 4 nitrogen and oxygen atoms in total. The largest absolute Gasteiger partial charge is 0.490 e. The van der Waals surface area contributed by atoms with Gasteiger partial charge in [0.05, 0.1) is 18.7 Å². The zero-order chi connectivity index (χ0) is 13.8. The van der Waals surface area contributed by atoms with Gasteiger partial charge in [-0.15, -0.1) is 0 Å². The average Bonchev–Trinajstić information content (AvgIpc) is 2.40. The van der Waals surface area contributed by atoms with Crippen molar-refractivity contribution in [1.29, 1.82) is 0 Å². The molecule has 0 aliphatic rings. The molecule has 0 unspecified atom stereocenters. The number of ether oxygens (including phenoxy) is 2. The summed E-state index contributed by atoms with van der Waals surface area (Å²) in [5.74, 6) is 2.41. The van der Waals surface area contributed by atoms with Gasteiger partial charge in [-0.25, -0.2) is 4.98 Å². The molecular weight excluding hydrogens is 240 g/mol. The van der Waals surface area contributed by atoms with Crippen molar-refractivity contribution in [2.24, 2.45) is 0 Å². The van der Waals surface area contributed by atoms with Crippen molar-refractivity contribution in [3.8, 4) is 11.5 Å². The van der Waals surface area contributed by atoms with Gasteiger partial charge in [-0.05, 0) is 38.5 Å². The summed E-state index contributed by atoms with van der Waals surface area (Å²) in [5, 5.41) is 4.15. The predicted octanol–water partition coefficient (Wildman–Crippen LogP) is 3.38. The third-order valence-corrected chi connectivity index (χ3v) is 2.91. The smallest absolute Gasteiger partial charge is 0.163 e. The van der Waals surface area contributed by atoms with Gasteiger partial charge in [0, 0.05) is 18.5 Å². The maximum atomic E-state index is 5.63. The topological polar surface area (TPSA) is 43.4 Å². The third-order valence-electron chi connectivity index (χ3n) is 2.91. The Balaban J connectivity index is 2.59. The van der Waals surface area contributed by atoms with E-state index >= 15 is 0 Å². The molecule has 1 heterocycles. The molecule has 0 aliphatic carbocycles. The second kappa shape index (κ2) is 5.78.